The first-order chi connectivity index (χ1) is 10.2. The van der Waals surface area contributed by atoms with Crippen molar-refractivity contribution >= 4 is 0 Å². The number of benzene rings is 2. The minimum Gasteiger partial charge on any atom is -0.494 e. The number of aryl methyl sites for hydroxylation is 2. The Balaban J connectivity index is 2.11. The Morgan fingerprint density at radius 2 is 1.86 bits per heavy atom. The molecule has 2 nitrogen and oxygen atoms in total. The minimum absolute atomic E-state index is 0.0265. The number of nitrogens with one attached hydrogen (secondary N) is 1. The van der Waals surface area contributed by atoms with Crippen molar-refractivity contribution in [1.82, 2.24) is 5.32 Å². The summed E-state index contributed by atoms with van der Waals surface area (Å²) in [4.78, 5) is 0. The van der Waals surface area contributed by atoms with Gasteiger partial charge >= 0.3 is 0 Å². The predicted molar refractivity (Wildman–Crippen MR) is 84.3 cm³/mol. The highest BCUT2D eigenvalue weighted by Crippen LogP contribution is 2.27. The molecule has 2 aromatic carbocycles. The van der Waals surface area contributed by atoms with Crippen molar-refractivity contribution < 1.29 is 9.13 Å². The van der Waals surface area contributed by atoms with Gasteiger partial charge in [0.25, 0.3) is 0 Å². The Kier molecular flexibility index (Phi) is 5.34. The average Bonchev–Trinajstić information content (AvgIpc) is 2.51. The van der Waals surface area contributed by atoms with Crippen LogP contribution in [0.3, 0.4) is 0 Å². The Hall–Kier alpha value is -1.87. The van der Waals surface area contributed by atoms with E-state index >= 15 is 0 Å². The van der Waals surface area contributed by atoms with Gasteiger partial charge in [0.1, 0.15) is 0 Å². The Labute approximate surface area is 126 Å². The lowest BCUT2D eigenvalue weighted by Gasteiger charge is -2.18. The van der Waals surface area contributed by atoms with E-state index in [4.69, 9.17) is 4.74 Å². The summed E-state index contributed by atoms with van der Waals surface area (Å²) in [5, 5.41) is 3.20. The summed E-state index contributed by atoms with van der Waals surface area (Å²) in [6.07, 6.45) is 1.74. The largest absolute Gasteiger partial charge is 0.494 e. The van der Waals surface area contributed by atoms with Gasteiger partial charge in [0.15, 0.2) is 11.6 Å². The van der Waals surface area contributed by atoms with Crippen LogP contribution in [0.4, 0.5) is 4.39 Å². The van der Waals surface area contributed by atoms with Crippen molar-refractivity contribution in [2.45, 2.75) is 25.8 Å². The molecule has 0 aromatic heterocycles. The molecule has 0 aliphatic heterocycles. The fourth-order valence-electron chi connectivity index (χ4n) is 2.48. The van der Waals surface area contributed by atoms with Gasteiger partial charge in [0, 0.05) is 11.6 Å². The molecule has 0 aliphatic carbocycles. The smallest absolute Gasteiger partial charge is 0.169 e. The van der Waals surface area contributed by atoms with Crippen LogP contribution in [0.1, 0.15) is 29.2 Å². The van der Waals surface area contributed by atoms with E-state index in [1.807, 2.05) is 19.2 Å². The number of hydrogen-bond donors (Lipinski definition) is 1. The first-order valence-electron chi connectivity index (χ1n) is 7.21. The van der Waals surface area contributed by atoms with E-state index in [1.54, 1.807) is 6.07 Å². The van der Waals surface area contributed by atoms with Crippen LogP contribution in [0.5, 0.6) is 5.75 Å². The number of rotatable bonds is 6. The molecule has 1 unspecified atom stereocenters. The number of halogens is 1. The van der Waals surface area contributed by atoms with E-state index < -0.39 is 0 Å². The van der Waals surface area contributed by atoms with Crippen molar-refractivity contribution in [2.24, 2.45) is 0 Å². The van der Waals surface area contributed by atoms with Crippen LogP contribution in [0.2, 0.25) is 0 Å². The van der Waals surface area contributed by atoms with Crippen molar-refractivity contribution in [3.05, 3.63) is 65.0 Å². The molecule has 0 spiro atoms. The summed E-state index contributed by atoms with van der Waals surface area (Å²) in [5.74, 6) is 0.0198. The molecule has 0 radical (unpaired) electrons. The average molecular weight is 287 g/mol. The molecule has 0 saturated heterocycles. The third-order valence-electron chi connectivity index (χ3n) is 3.78. The molecule has 3 heteroatoms. The summed E-state index contributed by atoms with van der Waals surface area (Å²) in [6, 6.07) is 13.7. The van der Waals surface area contributed by atoms with Gasteiger partial charge < -0.3 is 10.1 Å². The number of ether oxygens (including phenoxy) is 1. The maximum atomic E-state index is 14.3. The highest BCUT2D eigenvalue weighted by molar-refractivity contribution is 5.33. The SMILES string of the molecule is CNC(CCc1ccc(C)cc1)c1cccc(OC)c1F. The Bertz CT molecular complexity index is 580. The van der Waals surface area contributed by atoms with Gasteiger partial charge in [-0.25, -0.2) is 4.39 Å². The number of methoxy groups -OCH3 is 1. The molecule has 1 N–H and O–H groups in total. The molecule has 0 bridgehead atoms. The van der Waals surface area contributed by atoms with Gasteiger partial charge in [-0.05, 0) is 38.4 Å². The lowest BCUT2D eigenvalue weighted by atomic mass is 9.98. The minimum atomic E-state index is -0.275. The van der Waals surface area contributed by atoms with Crippen LogP contribution < -0.4 is 10.1 Å². The van der Waals surface area contributed by atoms with E-state index in [0.29, 0.717) is 11.3 Å². The molecule has 1 atom stereocenters. The maximum absolute atomic E-state index is 14.3. The van der Waals surface area contributed by atoms with Gasteiger partial charge in [0.05, 0.1) is 7.11 Å². The lowest BCUT2D eigenvalue weighted by molar-refractivity contribution is 0.379. The lowest BCUT2D eigenvalue weighted by Crippen LogP contribution is -2.18. The predicted octanol–water partition coefficient (Wildman–Crippen LogP) is 4.04. The zero-order valence-electron chi connectivity index (χ0n) is 12.8. The third kappa shape index (κ3) is 3.82. The fourth-order valence-corrected chi connectivity index (χ4v) is 2.48. The van der Waals surface area contributed by atoms with Crippen LogP contribution in [0, 0.1) is 12.7 Å². The van der Waals surface area contributed by atoms with Crippen LogP contribution >= 0.6 is 0 Å². The molecule has 2 rings (SSSR count). The monoisotopic (exact) mass is 287 g/mol. The van der Waals surface area contributed by atoms with E-state index in [0.717, 1.165) is 12.8 Å². The van der Waals surface area contributed by atoms with Gasteiger partial charge in [0.2, 0.25) is 0 Å². The van der Waals surface area contributed by atoms with Crippen molar-refractivity contribution in [3.8, 4) is 5.75 Å². The molecule has 2 aromatic rings. The van der Waals surface area contributed by atoms with E-state index in [2.05, 4.69) is 36.5 Å². The molecule has 21 heavy (non-hydrogen) atoms. The fraction of sp³-hybridized carbons (Fsp3) is 0.333. The van der Waals surface area contributed by atoms with Crippen LogP contribution in [0.25, 0.3) is 0 Å². The van der Waals surface area contributed by atoms with Crippen LogP contribution in [0.15, 0.2) is 42.5 Å². The summed E-state index contributed by atoms with van der Waals surface area (Å²) >= 11 is 0. The topological polar surface area (TPSA) is 21.3 Å². The Morgan fingerprint density at radius 1 is 1.14 bits per heavy atom. The summed E-state index contributed by atoms with van der Waals surface area (Å²) in [6.45, 7) is 2.08. The van der Waals surface area contributed by atoms with Gasteiger partial charge in [-0.15, -0.1) is 0 Å². The molecule has 112 valence electrons. The van der Waals surface area contributed by atoms with Gasteiger partial charge in [-0.1, -0.05) is 42.0 Å². The molecule has 0 aliphatic rings. The van der Waals surface area contributed by atoms with Crippen LogP contribution in [-0.2, 0) is 6.42 Å². The third-order valence-corrected chi connectivity index (χ3v) is 3.78. The second-order valence-corrected chi connectivity index (χ2v) is 5.23. The van der Waals surface area contributed by atoms with E-state index in [-0.39, 0.29) is 11.9 Å². The van der Waals surface area contributed by atoms with Crippen LogP contribution in [-0.4, -0.2) is 14.2 Å². The first kappa shape index (κ1) is 15.5. The second kappa shape index (κ2) is 7.23. The zero-order valence-corrected chi connectivity index (χ0v) is 12.8. The van der Waals surface area contributed by atoms with Crippen molar-refractivity contribution in [1.29, 1.82) is 0 Å². The van der Waals surface area contributed by atoms with Gasteiger partial charge in [-0.2, -0.15) is 0 Å². The standard InChI is InChI=1S/C18H22FNO/c1-13-7-9-14(10-8-13)11-12-16(20-2)15-5-4-6-17(21-3)18(15)19/h4-10,16,20H,11-12H2,1-3H3. The molecule has 0 heterocycles. The molecule has 0 amide bonds. The Morgan fingerprint density at radius 3 is 2.48 bits per heavy atom. The van der Waals surface area contributed by atoms with Gasteiger partial charge in [-0.3, -0.25) is 0 Å². The van der Waals surface area contributed by atoms with Crippen molar-refractivity contribution in [3.63, 3.8) is 0 Å². The van der Waals surface area contributed by atoms with Crippen molar-refractivity contribution in [2.75, 3.05) is 14.2 Å². The molecular formula is C18H22FNO. The second-order valence-electron chi connectivity index (χ2n) is 5.23. The highest BCUT2D eigenvalue weighted by atomic mass is 19.1. The normalized spacial score (nSPS) is 12.2. The summed E-state index contributed by atoms with van der Waals surface area (Å²) < 4.78 is 19.4. The summed E-state index contributed by atoms with van der Waals surface area (Å²) in [5.41, 5.74) is 3.18. The number of hydrogen-bond acceptors (Lipinski definition) is 2. The molecule has 0 saturated carbocycles. The van der Waals surface area contributed by atoms with E-state index in [9.17, 15) is 4.39 Å². The quantitative estimate of drug-likeness (QED) is 0.866. The molecule has 0 fully saturated rings. The molecular weight excluding hydrogens is 265 g/mol. The maximum Gasteiger partial charge on any atom is 0.169 e. The van der Waals surface area contributed by atoms with E-state index in [1.165, 1.54) is 18.2 Å². The first-order valence-corrected chi connectivity index (χ1v) is 7.21. The zero-order chi connectivity index (χ0) is 15.2. The highest BCUT2D eigenvalue weighted by Gasteiger charge is 2.16. The summed E-state index contributed by atoms with van der Waals surface area (Å²) in [7, 11) is 3.35.